The maximum Gasteiger partial charge on any atom is 0.411 e. The second-order valence-electron chi connectivity index (χ2n) is 6.54. The first kappa shape index (κ1) is 23.4. The van der Waals surface area contributed by atoms with Gasteiger partial charge in [0, 0.05) is 21.3 Å². The minimum Gasteiger partial charge on any atom is -0.447 e. The van der Waals surface area contributed by atoms with Crippen LogP contribution in [0.25, 0.3) is 0 Å². The molecule has 0 unspecified atom stereocenters. The summed E-state index contributed by atoms with van der Waals surface area (Å²) in [5.74, 6) is 0.298. The molecule has 2 aromatic carbocycles. The number of nitrogens with zero attached hydrogens (tertiary/aromatic N) is 1. The van der Waals surface area contributed by atoms with Crippen molar-refractivity contribution in [1.82, 2.24) is 4.90 Å². The van der Waals surface area contributed by atoms with Crippen molar-refractivity contribution >= 4 is 75.9 Å². The lowest BCUT2D eigenvalue weighted by Crippen LogP contribution is -2.41. The number of ether oxygens (including phenoxy) is 1. The van der Waals surface area contributed by atoms with Gasteiger partial charge in [-0.15, -0.1) is 11.8 Å². The van der Waals surface area contributed by atoms with Crippen LogP contribution in [0.4, 0.5) is 10.5 Å². The van der Waals surface area contributed by atoms with Gasteiger partial charge in [-0.2, -0.15) is 0 Å². The van der Waals surface area contributed by atoms with Gasteiger partial charge in [0.25, 0.3) is 0 Å². The van der Waals surface area contributed by atoms with Gasteiger partial charge in [0.1, 0.15) is 12.0 Å². The minimum atomic E-state index is -0.646. The number of amides is 2. The summed E-state index contributed by atoms with van der Waals surface area (Å²) in [6.07, 6.45) is -0.0409. The lowest BCUT2D eigenvalue weighted by Gasteiger charge is -2.32. The monoisotopic (exact) mass is 506 g/mol. The lowest BCUT2D eigenvalue weighted by atomic mass is 10.1. The van der Waals surface area contributed by atoms with E-state index in [2.05, 4.69) is 5.32 Å². The van der Waals surface area contributed by atoms with E-state index in [1.807, 2.05) is 13.0 Å². The van der Waals surface area contributed by atoms with Crippen molar-refractivity contribution in [1.29, 1.82) is 0 Å². The van der Waals surface area contributed by atoms with E-state index >= 15 is 0 Å². The molecule has 5 nitrogen and oxygen atoms in total. The van der Waals surface area contributed by atoms with Crippen LogP contribution in [0.5, 0.6) is 0 Å². The zero-order valence-corrected chi connectivity index (χ0v) is 19.7. The Bertz CT molecular complexity index is 960. The smallest absolute Gasteiger partial charge is 0.411 e. The van der Waals surface area contributed by atoms with Crippen LogP contribution in [-0.2, 0) is 9.53 Å². The lowest BCUT2D eigenvalue weighted by molar-refractivity contribution is -0.131. The van der Waals surface area contributed by atoms with Crippen molar-refractivity contribution in [2.75, 3.05) is 17.7 Å². The zero-order valence-electron chi connectivity index (χ0n) is 15.8. The summed E-state index contributed by atoms with van der Waals surface area (Å²) < 4.78 is 5.38. The molecule has 1 N–H and O–H groups in total. The summed E-state index contributed by atoms with van der Waals surface area (Å²) >= 11 is 25.7. The van der Waals surface area contributed by atoms with Crippen LogP contribution in [0, 0.1) is 0 Å². The van der Waals surface area contributed by atoms with E-state index in [9.17, 15) is 9.59 Å². The van der Waals surface area contributed by atoms with E-state index in [0.717, 1.165) is 5.56 Å². The summed E-state index contributed by atoms with van der Waals surface area (Å²) in [4.78, 5) is 26.5. The molecule has 30 heavy (non-hydrogen) atoms. The molecule has 0 aromatic heterocycles. The van der Waals surface area contributed by atoms with E-state index in [4.69, 9.17) is 51.1 Å². The predicted molar refractivity (Wildman–Crippen MR) is 124 cm³/mol. The molecule has 0 aliphatic carbocycles. The van der Waals surface area contributed by atoms with Crippen LogP contribution in [0.15, 0.2) is 36.4 Å². The van der Waals surface area contributed by atoms with Crippen LogP contribution in [-0.4, -0.2) is 35.3 Å². The molecule has 0 spiro atoms. The number of carbonyl (C=O) groups is 2. The maximum atomic E-state index is 12.6. The number of carbonyl (C=O) groups excluding carboxylic acids is 2. The largest absolute Gasteiger partial charge is 0.447 e. The molecular weight excluding hydrogens is 490 g/mol. The molecule has 1 fully saturated rings. The van der Waals surface area contributed by atoms with Crippen LogP contribution in [0.1, 0.15) is 24.3 Å². The van der Waals surface area contributed by atoms with Gasteiger partial charge >= 0.3 is 6.09 Å². The molecule has 2 amide bonds. The van der Waals surface area contributed by atoms with E-state index in [-0.39, 0.29) is 23.9 Å². The van der Waals surface area contributed by atoms with Crippen molar-refractivity contribution in [3.8, 4) is 0 Å². The van der Waals surface area contributed by atoms with Crippen molar-refractivity contribution in [3.05, 3.63) is 62.1 Å². The highest BCUT2D eigenvalue weighted by Crippen LogP contribution is 2.43. The van der Waals surface area contributed by atoms with E-state index in [1.54, 1.807) is 29.2 Å². The van der Waals surface area contributed by atoms with Crippen molar-refractivity contribution in [2.24, 2.45) is 0 Å². The number of halogens is 4. The highest BCUT2D eigenvalue weighted by molar-refractivity contribution is 8.00. The van der Waals surface area contributed by atoms with E-state index < -0.39 is 6.09 Å². The standard InChI is InChI=1S/C20H18Cl4N2O3S/c1-2-13(9-29-20(28)25-12-4-6-15(22)17(24)8-12)26-18(27)10-30-19(26)14-5-3-11(21)7-16(14)23/h3-8,13,19H,2,9-10H2,1H3,(H,25,28)/t13-,19+/m0/s1. The Hall–Kier alpha value is -1.31. The van der Waals surface area contributed by atoms with Crippen LogP contribution >= 0.6 is 58.2 Å². The van der Waals surface area contributed by atoms with Crippen LogP contribution < -0.4 is 5.32 Å². The number of hydrogen-bond donors (Lipinski definition) is 1. The summed E-state index contributed by atoms with van der Waals surface area (Å²) in [6.45, 7) is 1.97. The van der Waals surface area contributed by atoms with Gasteiger partial charge in [-0.1, -0.05) is 59.4 Å². The fourth-order valence-electron chi connectivity index (χ4n) is 3.07. The molecule has 1 saturated heterocycles. The highest BCUT2D eigenvalue weighted by Gasteiger charge is 2.38. The van der Waals surface area contributed by atoms with Gasteiger partial charge < -0.3 is 9.64 Å². The molecule has 0 bridgehead atoms. The number of nitrogens with one attached hydrogen (secondary N) is 1. The molecule has 0 radical (unpaired) electrons. The fraction of sp³-hybridized carbons (Fsp3) is 0.300. The third-order valence-electron chi connectivity index (χ3n) is 4.57. The third-order valence-corrected chi connectivity index (χ3v) is 7.08. The number of hydrogen-bond acceptors (Lipinski definition) is 4. The Balaban J connectivity index is 1.68. The molecule has 0 saturated carbocycles. The first-order valence-corrected chi connectivity index (χ1v) is 11.6. The average Bonchev–Trinajstić information content (AvgIpc) is 3.07. The average molecular weight is 508 g/mol. The summed E-state index contributed by atoms with van der Waals surface area (Å²) in [7, 11) is 0. The molecular formula is C20H18Cl4N2O3S. The molecule has 1 heterocycles. The number of benzene rings is 2. The molecule has 2 atom stereocenters. The minimum absolute atomic E-state index is 0.0312. The van der Waals surface area contributed by atoms with Gasteiger partial charge in [-0.3, -0.25) is 10.1 Å². The predicted octanol–water partition coefficient (Wildman–Crippen LogP) is 6.90. The van der Waals surface area contributed by atoms with Crippen molar-refractivity contribution < 1.29 is 14.3 Å². The summed E-state index contributed by atoms with van der Waals surface area (Å²) in [5.41, 5.74) is 1.26. The highest BCUT2D eigenvalue weighted by atomic mass is 35.5. The Labute approximate surface area is 198 Å². The molecule has 2 aromatic rings. The van der Waals surface area contributed by atoms with Gasteiger partial charge in [-0.25, -0.2) is 4.79 Å². The maximum absolute atomic E-state index is 12.6. The Morgan fingerprint density at radius 2 is 1.93 bits per heavy atom. The SMILES string of the molecule is CC[C@@H](COC(=O)Nc1ccc(Cl)c(Cl)c1)N1C(=O)CS[C@@H]1c1ccc(Cl)cc1Cl. The van der Waals surface area contributed by atoms with Gasteiger partial charge in [-0.05, 0) is 36.8 Å². The van der Waals surface area contributed by atoms with Gasteiger partial charge in [0.05, 0.1) is 21.8 Å². The van der Waals surface area contributed by atoms with Crippen LogP contribution in [0.2, 0.25) is 20.1 Å². The number of rotatable bonds is 6. The topological polar surface area (TPSA) is 58.6 Å². The second-order valence-corrected chi connectivity index (χ2v) is 9.27. The molecule has 1 aliphatic heterocycles. The molecule has 160 valence electrons. The Kier molecular flexibility index (Phi) is 8.04. The molecule has 1 aliphatic rings. The van der Waals surface area contributed by atoms with Crippen LogP contribution in [0.3, 0.4) is 0 Å². The Morgan fingerprint density at radius 3 is 2.60 bits per heavy atom. The van der Waals surface area contributed by atoms with Gasteiger partial charge in [0.15, 0.2) is 0 Å². The number of anilines is 1. The normalized spacial score (nSPS) is 17.2. The van der Waals surface area contributed by atoms with Crippen molar-refractivity contribution in [2.45, 2.75) is 24.8 Å². The van der Waals surface area contributed by atoms with Gasteiger partial charge in [0.2, 0.25) is 5.91 Å². The van der Waals surface area contributed by atoms with E-state index in [1.165, 1.54) is 17.8 Å². The molecule has 3 rings (SSSR count). The molecule has 10 heteroatoms. The second kappa shape index (κ2) is 10.3. The third kappa shape index (κ3) is 5.48. The first-order chi connectivity index (χ1) is 14.3. The van der Waals surface area contributed by atoms with Crippen molar-refractivity contribution in [3.63, 3.8) is 0 Å². The Morgan fingerprint density at radius 1 is 1.17 bits per heavy atom. The quantitative estimate of drug-likeness (QED) is 0.461. The zero-order chi connectivity index (χ0) is 21.8. The fourth-order valence-corrected chi connectivity index (χ4v) is 5.23. The van der Waals surface area contributed by atoms with E-state index in [0.29, 0.717) is 38.0 Å². The summed E-state index contributed by atoms with van der Waals surface area (Å²) in [5, 5.41) is 4.06. The number of thioether (sulfide) groups is 1. The first-order valence-electron chi connectivity index (χ1n) is 9.06. The summed E-state index contributed by atoms with van der Waals surface area (Å²) in [6, 6.07) is 9.64.